The molecular weight excluding hydrogens is 322 g/mol. The minimum Gasteiger partial charge on any atom is -0.349 e. The second-order valence-electron chi connectivity index (χ2n) is 5.67. The highest BCUT2D eigenvalue weighted by Gasteiger charge is 2.18. The lowest BCUT2D eigenvalue weighted by Gasteiger charge is -2.18. The first kappa shape index (κ1) is 18.1. The summed E-state index contributed by atoms with van der Waals surface area (Å²) in [5.41, 5.74) is 1.81. The molecule has 7 nitrogen and oxygen atoms in total. The Morgan fingerprint density at radius 3 is 2.44 bits per heavy atom. The molecule has 0 aliphatic carbocycles. The van der Waals surface area contributed by atoms with Crippen LogP contribution in [-0.2, 0) is 9.59 Å². The highest BCUT2D eigenvalue weighted by atomic mass is 16.6. The van der Waals surface area contributed by atoms with Crippen molar-refractivity contribution in [3.05, 3.63) is 69.8 Å². The van der Waals surface area contributed by atoms with E-state index in [2.05, 4.69) is 10.6 Å². The van der Waals surface area contributed by atoms with Gasteiger partial charge in [-0.2, -0.15) is 0 Å². The first-order chi connectivity index (χ1) is 11.9. The molecule has 2 amide bonds. The molecule has 2 aromatic rings. The van der Waals surface area contributed by atoms with E-state index in [0.29, 0.717) is 5.69 Å². The van der Waals surface area contributed by atoms with Gasteiger partial charge in [-0.25, -0.2) is 0 Å². The second-order valence-corrected chi connectivity index (χ2v) is 5.67. The normalized spacial score (nSPS) is 11.4. The molecule has 1 atom stereocenters. The largest absolute Gasteiger partial charge is 0.349 e. The molecule has 2 rings (SSSR count). The molecule has 0 aromatic heterocycles. The van der Waals surface area contributed by atoms with E-state index in [1.165, 1.54) is 19.1 Å². The molecule has 0 spiro atoms. The molecule has 0 saturated carbocycles. The Balaban J connectivity index is 2.15. The summed E-state index contributed by atoms with van der Waals surface area (Å²) in [5.74, 6) is -0.584. The fourth-order valence-corrected chi connectivity index (χ4v) is 2.43. The minimum atomic E-state index is -0.515. The number of rotatable bonds is 6. The number of aryl methyl sites for hydroxylation is 1. The standard InChI is InChI=1S/C18H19N3O4/c1-12-8-9-15(21(24)25)10-16(12)20-18(23)11-17(19-13(2)22)14-6-4-3-5-7-14/h3-10,17H,11H2,1-2H3,(H,19,22)(H,20,23). The zero-order chi connectivity index (χ0) is 18.4. The summed E-state index contributed by atoms with van der Waals surface area (Å²) in [6, 6.07) is 13.0. The van der Waals surface area contributed by atoms with E-state index in [1.807, 2.05) is 30.3 Å². The third kappa shape index (κ3) is 5.13. The first-order valence-corrected chi connectivity index (χ1v) is 7.73. The molecule has 0 saturated heterocycles. The number of anilines is 1. The van der Waals surface area contributed by atoms with Crippen LogP contribution in [0.15, 0.2) is 48.5 Å². The van der Waals surface area contributed by atoms with Crippen LogP contribution in [0.3, 0.4) is 0 Å². The van der Waals surface area contributed by atoms with E-state index in [4.69, 9.17) is 0 Å². The number of carbonyl (C=O) groups excluding carboxylic acids is 2. The van der Waals surface area contributed by atoms with Crippen molar-refractivity contribution >= 4 is 23.2 Å². The number of hydrogen-bond donors (Lipinski definition) is 2. The summed E-state index contributed by atoms with van der Waals surface area (Å²) < 4.78 is 0. The molecule has 0 fully saturated rings. The molecule has 2 aromatic carbocycles. The van der Waals surface area contributed by atoms with Crippen LogP contribution in [0.25, 0.3) is 0 Å². The van der Waals surface area contributed by atoms with E-state index in [-0.39, 0.29) is 23.9 Å². The van der Waals surface area contributed by atoms with E-state index in [1.54, 1.807) is 13.0 Å². The van der Waals surface area contributed by atoms with Gasteiger partial charge in [0.05, 0.1) is 23.1 Å². The Bertz CT molecular complexity index is 790. The van der Waals surface area contributed by atoms with Crippen LogP contribution >= 0.6 is 0 Å². The van der Waals surface area contributed by atoms with Gasteiger partial charge in [-0.05, 0) is 18.1 Å². The van der Waals surface area contributed by atoms with Crippen LogP contribution in [0.1, 0.15) is 30.5 Å². The predicted octanol–water partition coefficient (Wildman–Crippen LogP) is 3.11. The van der Waals surface area contributed by atoms with Crippen LogP contribution in [-0.4, -0.2) is 16.7 Å². The highest BCUT2D eigenvalue weighted by molar-refractivity contribution is 5.92. The van der Waals surface area contributed by atoms with Gasteiger partial charge in [-0.1, -0.05) is 36.4 Å². The lowest BCUT2D eigenvalue weighted by molar-refractivity contribution is -0.384. The lowest BCUT2D eigenvalue weighted by atomic mass is 10.0. The Kier molecular flexibility index (Phi) is 5.84. The summed E-state index contributed by atoms with van der Waals surface area (Å²) in [6.45, 7) is 3.14. The Hall–Kier alpha value is -3.22. The Morgan fingerprint density at radius 1 is 1.16 bits per heavy atom. The average Bonchev–Trinajstić information content (AvgIpc) is 2.56. The first-order valence-electron chi connectivity index (χ1n) is 7.73. The summed E-state index contributed by atoms with van der Waals surface area (Å²) in [6.07, 6.45) is 0.0196. The number of nitrogens with zero attached hydrogens (tertiary/aromatic N) is 1. The van der Waals surface area contributed by atoms with Gasteiger partial charge in [0.2, 0.25) is 11.8 Å². The van der Waals surface area contributed by atoms with Crippen molar-refractivity contribution in [3.8, 4) is 0 Å². The molecule has 2 N–H and O–H groups in total. The zero-order valence-electron chi connectivity index (χ0n) is 14.0. The van der Waals surface area contributed by atoms with Crippen LogP contribution in [0, 0.1) is 17.0 Å². The van der Waals surface area contributed by atoms with Crippen LogP contribution in [0.2, 0.25) is 0 Å². The lowest BCUT2D eigenvalue weighted by Crippen LogP contribution is -2.29. The summed E-state index contributed by atoms with van der Waals surface area (Å²) in [4.78, 5) is 34.2. The van der Waals surface area contributed by atoms with E-state index >= 15 is 0 Å². The summed E-state index contributed by atoms with van der Waals surface area (Å²) >= 11 is 0. The number of non-ortho nitro benzene ring substituents is 1. The van der Waals surface area contributed by atoms with Gasteiger partial charge < -0.3 is 10.6 Å². The summed E-state index contributed by atoms with van der Waals surface area (Å²) in [5, 5.41) is 16.3. The van der Waals surface area contributed by atoms with Crippen molar-refractivity contribution in [1.29, 1.82) is 0 Å². The maximum absolute atomic E-state index is 12.4. The number of hydrogen-bond acceptors (Lipinski definition) is 4. The van der Waals surface area contributed by atoms with Gasteiger partial charge in [0.1, 0.15) is 0 Å². The predicted molar refractivity (Wildman–Crippen MR) is 94.1 cm³/mol. The number of nitro benzene ring substituents is 1. The molecule has 25 heavy (non-hydrogen) atoms. The topological polar surface area (TPSA) is 101 Å². The summed E-state index contributed by atoms with van der Waals surface area (Å²) in [7, 11) is 0. The van der Waals surface area contributed by atoms with Gasteiger partial charge in [0.15, 0.2) is 0 Å². The van der Waals surface area contributed by atoms with Crippen LogP contribution in [0.5, 0.6) is 0 Å². The van der Waals surface area contributed by atoms with Gasteiger partial charge in [0.25, 0.3) is 5.69 Å². The zero-order valence-corrected chi connectivity index (χ0v) is 14.0. The molecule has 0 aliphatic rings. The maximum Gasteiger partial charge on any atom is 0.271 e. The molecule has 1 unspecified atom stereocenters. The number of nitro groups is 1. The SMILES string of the molecule is CC(=O)NC(CC(=O)Nc1cc([N+](=O)[O-])ccc1C)c1ccccc1. The van der Waals surface area contributed by atoms with Gasteiger partial charge in [-0.3, -0.25) is 19.7 Å². The van der Waals surface area contributed by atoms with Gasteiger partial charge >= 0.3 is 0 Å². The number of benzene rings is 2. The fourth-order valence-electron chi connectivity index (χ4n) is 2.43. The minimum absolute atomic E-state index is 0.0196. The molecule has 0 bridgehead atoms. The van der Waals surface area contributed by atoms with Crippen molar-refractivity contribution in [2.75, 3.05) is 5.32 Å². The van der Waals surface area contributed by atoms with Crippen molar-refractivity contribution in [3.63, 3.8) is 0 Å². The fraction of sp³-hybridized carbons (Fsp3) is 0.222. The molecule has 7 heteroatoms. The third-order valence-electron chi connectivity index (χ3n) is 3.68. The molecule has 0 radical (unpaired) electrons. The smallest absolute Gasteiger partial charge is 0.271 e. The van der Waals surface area contributed by atoms with Crippen molar-refractivity contribution < 1.29 is 14.5 Å². The second kappa shape index (κ2) is 8.05. The van der Waals surface area contributed by atoms with Crippen molar-refractivity contribution in [2.45, 2.75) is 26.3 Å². The molecular formula is C18H19N3O4. The Morgan fingerprint density at radius 2 is 1.84 bits per heavy atom. The van der Waals surface area contributed by atoms with Crippen LogP contribution < -0.4 is 10.6 Å². The van der Waals surface area contributed by atoms with E-state index < -0.39 is 11.0 Å². The maximum atomic E-state index is 12.4. The molecule has 0 aliphatic heterocycles. The van der Waals surface area contributed by atoms with E-state index in [9.17, 15) is 19.7 Å². The highest BCUT2D eigenvalue weighted by Crippen LogP contribution is 2.23. The van der Waals surface area contributed by atoms with Crippen molar-refractivity contribution in [2.24, 2.45) is 0 Å². The van der Waals surface area contributed by atoms with Crippen LogP contribution in [0.4, 0.5) is 11.4 Å². The van der Waals surface area contributed by atoms with Gasteiger partial charge in [-0.15, -0.1) is 0 Å². The number of carbonyl (C=O) groups is 2. The molecule has 130 valence electrons. The monoisotopic (exact) mass is 341 g/mol. The van der Waals surface area contributed by atoms with E-state index in [0.717, 1.165) is 11.1 Å². The number of amides is 2. The van der Waals surface area contributed by atoms with Gasteiger partial charge in [0, 0.05) is 19.1 Å². The molecule has 0 heterocycles. The quantitative estimate of drug-likeness (QED) is 0.622. The van der Waals surface area contributed by atoms with Crippen molar-refractivity contribution in [1.82, 2.24) is 5.32 Å². The third-order valence-corrected chi connectivity index (χ3v) is 3.68. The Labute approximate surface area is 145 Å². The average molecular weight is 341 g/mol. The number of nitrogens with one attached hydrogen (secondary N) is 2.